The van der Waals surface area contributed by atoms with Gasteiger partial charge in [-0.25, -0.2) is 8.78 Å². The molecular weight excluding hydrogens is 256 g/mol. The topological polar surface area (TPSA) is 41.9 Å². The summed E-state index contributed by atoms with van der Waals surface area (Å²) in [4.78, 5) is 1.57. The van der Waals surface area contributed by atoms with Crippen molar-refractivity contribution in [2.75, 3.05) is 32.9 Å². The Morgan fingerprint density at radius 3 is 2.42 bits per heavy atom. The molecule has 0 radical (unpaired) electrons. The molecule has 1 N–H and O–H groups in total. The first-order valence-electron chi connectivity index (χ1n) is 6.88. The molecule has 0 aromatic carbocycles. The van der Waals surface area contributed by atoms with Gasteiger partial charge in [0.15, 0.2) is 0 Å². The predicted octanol–water partition coefficient (Wildman–Crippen LogP) is 1.52. The second kappa shape index (κ2) is 8.79. The fourth-order valence-electron chi connectivity index (χ4n) is 2.09. The van der Waals surface area contributed by atoms with Crippen molar-refractivity contribution in [2.45, 2.75) is 51.4 Å². The highest BCUT2D eigenvalue weighted by Gasteiger charge is 2.20. The van der Waals surface area contributed by atoms with E-state index >= 15 is 0 Å². The van der Waals surface area contributed by atoms with Crippen LogP contribution in [0.5, 0.6) is 0 Å². The van der Waals surface area contributed by atoms with Crippen LogP contribution in [0.15, 0.2) is 0 Å². The van der Waals surface area contributed by atoms with Gasteiger partial charge in [-0.2, -0.15) is 0 Å². The van der Waals surface area contributed by atoms with Gasteiger partial charge >= 0.3 is 0 Å². The van der Waals surface area contributed by atoms with Crippen molar-refractivity contribution in [3.8, 4) is 0 Å². The van der Waals surface area contributed by atoms with Gasteiger partial charge in [0.05, 0.1) is 25.4 Å². The second-order valence-electron chi connectivity index (χ2n) is 5.24. The second-order valence-corrected chi connectivity index (χ2v) is 5.24. The van der Waals surface area contributed by atoms with E-state index in [0.29, 0.717) is 13.2 Å². The lowest BCUT2D eigenvalue weighted by Gasteiger charge is -2.29. The molecule has 1 aliphatic heterocycles. The van der Waals surface area contributed by atoms with Crippen molar-refractivity contribution < 1.29 is 23.4 Å². The van der Waals surface area contributed by atoms with Gasteiger partial charge in [0.2, 0.25) is 0 Å². The van der Waals surface area contributed by atoms with Crippen molar-refractivity contribution in [2.24, 2.45) is 0 Å². The highest BCUT2D eigenvalue weighted by molar-refractivity contribution is 4.70. The minimum Gasteiger partial charge on any atom is -0.389 e. The molecule has 1 unspecified atom stereocenters. The van der Waals surface area contributed by atoms with Crippen LogP contribution in [-0.4, -0.2) is 67.6 Å². The van der Waals surface area contributed by atoms with Crippen LogP contribution in [0.1, 0.15) is 26.7 Å². The molecule has 0 bridgehead atoms. The maximum absolute atomic E-state index is 12.4. The van der Waals surface area contributed by atoms with Gasteiger partial charge in [0.1, 0.15) is 0 Å². The molecule has 1 atom stereocenters. The number of rotatable bonds is 8. The third-order valence-electron chi connectivity index (χ3n) is 3.24. The number of ether oxygens (including phenoxy) is 2. The van der Waals surface area contributed by atoms with Crippen molar-refractivity contribution in [3.05, 3.63) is 0 Å². The molecule has 1 fully saturated rings. The Morgan fingerprint density at radius 2 is 1.89 bits per heavy atom. The van der Waals surface area contributed by atoms with Gasteiger partial charge in [-0.15, -0.1) is 0 Å². The zero-order chi connectivity index (χ0) is 14.3. The van der Waals surface area contributed by atoms with Crippen LogP contribution in [0.2, 0.25) is 0 Å². The van der Waals surface area contributed by atoms with E-state index in [2.05, 4.69) is 0 Å². The summed E-state index contributed by atoms with van der Waals surface area (Å²) in [5.41, 5.74) is 0. The molecule has 0 spiro atoms. The molecule has 1 rings (SSSR count). The van der Waals surface area contributed by atoms with Crippen molar-refractivity contribution in [3.63, 3.8) is 0 Å². The molecule has 0 saturated carbocycles. The normalized spacial score (nSPS) is 19.6. The van der Waals surface area contributed by atoms with Gasteiger partial charge < -0.3 is 14.6 Å². The first kappa shape index (κ1) is 16.8. The zero-order valence-corrected chi connectivity index (χ0v) is 11.7. The summed E-state index contributed by atoms with van der Waals surface area (Å²) in [7, 11) is 0. The van der Waals surface area contributed by atoms with E-state index in [4.69, 9.17) is 9.47 Å². The molecule has 1 saturated heterocycles. The van der Waals surface area contributed by atoms with Gasteiger partial charge in [-0.3, -0.25) is 4.90 Å². The number of hydrogen-bond acceptors (Lipinski definition) is 4. The number of hydrogen-bond donors (Lipinski definition) is 1. The molecule has 19 heavy (non-hydrogen) atoms. The average molecular weight is 281 g/mol. The minimum absolute atomic E-state index is 0.0215. The fourth-order valence-corrected chi connectivity index (χ4v) is 2.09. The summed E-state index contributed by atoms with van der Waals surface area (Å²) in [6.07, 6.45) is -1.34. The van der Waals surface area contributed by atoms with Crippen LogP contribution >= 0.6 is 0 Å². The molecule has 0 aromatic rings. The predicted molar refractivity (Wildman–Crippen MR) is 68.5 cm³/mol. The SMILES string of the molecule is CC(C)N(CC(F)F)CC(O)COC1CCOCC1. The number of aliphatic hydroxyl groups is 1. The molecule has 6 heteroatoms. The minimum atomic E-state index is -2.38. The molecule has 0 amide bonds. The largest absolute Gasteiger partial charge is 0.389 e. The Morgan fingerprint density at radius 1 is 1.26 bits per heavy atom. The van der Waals surface area contributed by atoms with Gasteiger partial charge in [-0.1, -0.05) is 0 Å². The van der Waals surface area contributed by atoms with Crippen molar-refractivity contribution >= 4 is 0 Å². The Hall–Kier alpha value is -0.300. The highest BCUT2D eigenvalue weighted by Crippen LogP contribution is 2.11. The van der Waals surface area contributed by atoms with Gasteiger partial charge in [0, 0.05) is 25.8 Å². The van der Waals surface area contributed by atoms with E-state index in [1.807, 2.05) is 13.8 Å². The summed E-state index contributed by atoms with van der Waals surface area (Å²) in [6.45, 7) is 5.14. The molecule has 1 heterocycles. The number of nitrogens with zero attached hydrogens (tertiary/aromatic N) is 1. The molecule has 1 aliphatic rings. The molecule has 0 aromatic heterocycles. The Balaban J connectivity index is 2.25. The Kier molecular flexibility index (Phi) is 7.75. The maximum Gasteiger partial charge on any atom is 0.251 e. The van der Waals surface area contributed by atoms with Crippen molar-refractivity contribution in [1.82, 2.24) is 4.90 Å². The first-order chi connectivity index (χ1) is 8.99. The number of aliphatic hydroxyl groups excluding tert-OH is 1. The molecule has 4 nitrogen and oxygen atoms in total. The summed E-state index contributed by atoms with van der Waals surface area (Å²) in [5.74, 6) is 0. The standard InChI is InChI=1S/C13H25F2NO3/c1-10(2)16(8-13(14)15)7-11(17)9-19-12-3-5-18-6-4-12/h10-13,17H,3-9H2,1-2H3. The van der Waals surface area contributed by atoms with Crippen LogP contribution < -0.4 is 0 Å². The quantitative estimate of drug-likeness (QED) is 0.732. The smallest absolute Gasteiger partial charge is 0.251 e. The summed E-state index contributed by atoms with van der Waals surface area (Å²) >= 11 is 0. The maximum atomic E-state index is 12.4. The lowest BCUT2D eigenvalue weighted by molar-refractivity contribution is -0.0679. The molecule has 0 aliphatic carbocycles. The zero-order valence-electron chi connectivity index (χ0n) is 11.7. The summed E-state index contributed by atoms with van der Waals surface area (Å²) in [6, 6.07) is -0.0215. The van der Waals surface area contributed by atoms with E-state index in [1.54, 1.807) is 4.90 Å². The number of alkyl halides is 2. The Labute approximate surface area is 113 Å². The highest BCUT2D eigenvalue weighted by atomic mass is 19.3. The number of halogens is 2. The van der Waals surface area contributed by atoms with Gasteiger partial charge in [-0.05, 0) is 26.7 Å². The van der Waals surface area contributed by atoms with Crippen LogP contribution in [0.4, 0.5) is 8.78 Å². The average Bonchev–Trinajstić information content (AvgIpc) is 2.36. The molecule has 114 valence electrons. The lowest BCUT2D eigenvalue weighted by Crippen LogP contribution is -2.42. The monoisotopic (exact) mass is 281 g/mol. The third kappa shape index (κ3) is 7.15. The van der Waals surface area contributed by atoms with Crippen molar-refractivity contribution in [1.29, 1.82) is 0 Å². The summed E-state index contributed by atoms with van der Waals surface area (Å²) < 4.78 is 35.6. The first-order valence-corrected chi connectivity index (χ1v) is 6.88. The van der Waals surface area contributed by atoms with Crippen LogP contribution in [-0.2, 0) is 9.47 Å². The van der Waals surface area contributed by atoms with E-state index in [0.717, 1.165) is 12.8 Å². The van der Waals surface area contributed by atoms with Crippen LogP contribution in [0.3, 0.4) is 0 Å². The summed E-state index contributed by atoms with van der Waals surface area (Å²) in [5, 5.41) is 9.87. The van der Waals surface area contributed by atoms with Crippen LogP contribution in [0.25, 0.3) is 0 Å². The lowest BCUT2D eigenvalue weighted by atomic mass is 10.1. The Bertz CT molecular complexity index is 236. The fraction of sp³-hybridized carbons (Fsp3) is 1.00. The van der Waals surface area contributed by atoms with Gasteiger partial charge in [0.25, 0.3) is 6.43 Å². The van der Waals surface area contributed by atoms with E-state index in [1.165, 1.54) is 0 Å². The van der Waals surface area contributed by atoms with E-state index in [9.17, 15) is 13.9 Å². The van der Waals surface area contributed by atoms with E-state index in [-0.39, 0.29) is 31.8 Å². The third-order valence-corrected chi connectivity index (χ3v) is 3.24. The molecular formula is C13H25F2NO3. The van der Waals surface area contributed by atoms with Crippen LogP contribution in [0, 0.1) is 0 Å². The van der Waals surface area contributed by atoms with E-state index < -0.39 is 12.5 Å².